The van der Waals surface area contributed by atoms with Gasteiger partial charge in [-0.1, -0.05) is 18.2 Å². The first-order valence-corrected chi connectivity index (χ1v) is 17.7. The summed E-state index contributed by atoms with van der Waals surface area (Å²) in [6.07, 6.45) is -13.5. The predicted molar refractivity (Wildman–Crippen MR) is 176 cm³/mol. The van der Waals surface area contributed by atoms with Crippen molar-refractivity contribution in [2.75, 3.05) is 25.6 Å². The van der Waals surface area contributed by atoms with E-state index in [2.05, 4.69) is 0 Å². The zero-order valence-corrected chi connectivity index (χ0v) is 31.7. The van der Waals surface area contributed by atoms with Gasteiger partial charge >= 0.3 is 41.8 Å². The molecule has 0 amide bonds. The molecule has 2 heterocycles. The van der Waals surface area contributed by atoms with Gasteiger partial charge in [-0.15, -0.1) is 0 Å². The van der Waals surface area contributed by atoms with Crippen LogP contribution in [0.4, 0.5) is 0 Å². The van der Waals surface area contributed by atoms with Gasteiger partial charge < -0.3 is 52.1 Å². The number of rotatable bonds is 18. The Morgan fingerprint density at radius 3 is 1.32 bits per heavy atom. The van der Waals surface area contributed by atoms with E-state index in [1.807, 2.05) is 0 Å². The Morgan fingerprint density at radius 1 is 0.472 bits per heavy atom. The third-order valence-corrected chi connectivity index (χ3v) is 8.16. The number of esters is 7. The molecule has 19 nitrogen and oxygen atoms in total. The number of unbranched alkanes of at least 4 members (excludes halogenated alkanes) is 2. The third-order valence-electron chi connectivity index (χ3n) is 7.26. The molecule has 0 aromatic heterocycles. The Balaban J connectivity index is 2.65. The van der Waals surface area contributed by atoms with Gasteiger partial charge in [-0.2, -0.15) is 0 Å². The minimum absolute atomic E-state index is 0.0169. The third kappa shape index (κ3) is 16.0. The maximum Gasteiger partial charge on any atom is 0.303 e. The van der Waals surface area contributed by atoms with Crippen LogP contribution < -0.4 is 0 Å². The first-order valence-electron chi connectivity index (χ1n) is 16.7. The van der Waals surface area contributed by atoms with E-state index in [0.29, 0.717) is 25.0 Å². The summed E-state index contributed by atoms with van der Waals surface area (Å²) >= 11 is 1.18. The molecule has 0 aromatic rings. The summed E-state index contributed by atoms with van der Waals surface area (Å²) in [5.41, 5.74) is 0. The van der Waals surface area contributed by atoms with E-state index in [-0.39, 0.29) is 11.7 Å². The van der Waals surface area contributed by atoms with Gasteiger partial charge in [0.05, 0.1) is 0 Å². The van der Waals surface area contributed by atoms with Crippen LogP contribution in [0.3, 0.4) is 0 Å². The number of carbonyl (C=O) groups excluding carboxylic acids is 8. The van der Waals surface area contributed by atoms with Crippen LogP contribution in [0.5, 0.6) is 0 Å². The second-order valence-corrected chi connectivity index (χ2v) is 13.2. The lowest BCUT2D eigenvalue weighted by Gasteiger charge is -2.48. The van der Waals surface area contributed by atoms with Crippen LogP contribution in [-0.4, -0.2) is 134 Å². The molecule has 0 aliphatic carbocycles. The zero-order chi connectivity index (χ0) is 39.8. The smallest absolute Gasteiger partial charge is 0.303 e. The lowest BCUT2D eigenvalue weighted by Crippen LogP contribution is -2.67. The predicted octanol–water partition coefficient (Wildman–Crippen LogP) is 1.07. The highest BCUT2D eigenvalue weighted by molar-refractivity contribution is 8.13. The standard InChI is InChI=1S/C33H48O19S/c1-16(34)43-14-24-26(45-18(3)36)28(47-20(5)38)30(32(50-24)42-12-10-9-11-13-53-23(8)41)52-33-31(49-22(7)40)29(48-21(6)39)27(46-19(4)37)25(51-33)15-44-17(2)35/h24-33H,9-15H2,1-8H3/t24?,25?,26-,27-,28+,29+,30?,31?,32-,33+/m1/s1. The molecule has 20 heteroatoms. The van der Waals surface area contributed by atoms with Gasteiger partial charge in [-0.05, 0) is 12.8 Å². The molecular formula is C33H48O19S. The quantitative estimate of drug-likeness (QED) is 0.107. The summed E-state index contributed by atoms with van der Waals surface area (Å²) in [5, 5.41) is -0.0169. The van der Waals surface area contributed by atoms with Crippen LogP contribution in [0, 0.1) is 0 Å². The monoisotopic (exact) mass is 780 g/mol. The number of hydrogen-bond donors (Lipinski definition) is 0. The van der Waals surface area contributed by atoms with Crippen molar-refractivity contribution in [1.29, 1.82) is 0 Å². The first kappa shape index (κ1) is 45.3. The minimum atomic E-state index is -1.78. The fourth-order valence-corrected chi connectivity index (χ4v) is 6.04. The molecule has 0 bridgehead atoms. The summed E-state index contributed by atoms with van der Waals surface area (Å²) in [4.78, 5) is 96.6. The van der Waals surface area contributed by atoms with E-state index in [9.17, 15) is 38.4 Å². The van der Waals surface area contributed by atoms with E-state index >= 15 is 0 Å². The van der Waals surface area contributed by atoms with Crippen molar-refractivity contribution in [1.82, 2.24) is 0 Å². The highest BCUT2D eigenvalue weighted by atomic mass is 32.2. The van der Waals surface area contributed by atoms with Gasteiger partial charge in [0.15, 0.2) is 54.3 Å². The SMILES string of the molecule is CC(=O)OCC1O[C@@H](OCCCCCSC(C)=O)C(O[C@@H]2OC(COC(C)=O)[C@@H](OC(C)=O)[C@H](OC(C)=O)C2OC(C)=O)[C@@H](OC(C)=O)[C@@H]1OC(C)=O. The molecule has 0 radical (unpaired) electrons. The summed E-state index contributed by atoms with van der Waals surface area (Å²) in [7, 11) is 0. The van der Waals surface area contributed by atoms with Gasteiger partial charge in [0.25, 0.3) is 0 Å². The Hall–Kier alpha value is -3.85. The molecule has 2 fully saturated rings. The second kappa shape index (κ2) is 22.4. The zero-order valence-electron chi connectivity index (χ0n) is 30.9. The lowest BCUT2D eigenvalue weighted by atomic mass is 9.96. The van der Waals surface area contributed by atoms with Crippen LogP contribution in [0.15, 0.2) is 0 Å². The Labute approximate surface area is 310 Å². The van der Waals surface area contributed by atoms with Crippen molar-refractivity contribution in [2.45, 2.75) is 136 Å². The van der Waals surface area contributed by atoms with E-state index in [1.54, 1.807) is 0 Å². The first-order chi connectivity index (χ1) is 24.9. The highest BCUT2D eigenvalue weighted by Gasteiger charge is 2.57. The van der Waals surface area contributed by atoms with E-state index in [4.69, 9.17) is 52.1 Å². The Kier molecular flexibility index (Phi) is 19.1. The van der Waals surface area contributed by atoms with Gasteiger partial charge in [0.1, 0.15) is 25.4 Å². The highest BCUT2D eigenvalue weighted by Crippen LogP contribution is 2.35. The van der Waals surface area contributed by atoms with E-state index < -0.39 is 116 Å². The van der Waals surface area contributed by atoms with Crippen LogP contribution in [0.2, 0.25) is 0 Å². The normalized spacial score (nSPS) is 28.1. The molecule has 0 aromatic carbocycles. The van der Waals surface area contributed by atoms with Gasteiger partial charge in [0.2, 0.25) is 0 Å². The summed E-state index contributed by atoms with van der Waals surface area (Å²) in [5.74, 6) is -5.20. The number of carbonyl (C=O) groups is 8. The molecular weight excluding hydrogens is 732 g/mol. The number of ether oxygens (including phenoxy) is 11. The van der Waals surface area contributed by atoms with E-state index in [1.165, 1.54) is 18.7 Å². The summed E-state index contributed by atoms with van der Waals surface area (Å²) < 4.78 is 62.4. The molecule has 4 unspecified atom stereocenters. The van der Waals surface area contributed by atoms with Crippen molar-refractivity contribution in [3.8, 4) is 0 Å². The average molecular weight is 781 g/mol. The van der Waals surface area contributed by atoms with Crippen molar-refractivity contribution >= 4 is 58.7 Å². The van der Waals surface area contributed by atoms with Gasteiger partial charge in [-0.3, -0.25) is 38.4 Å². The Morgan fingerprint density at radius 2 is 0.887 bits per heavy atom. The van der Waals surface area contributed by atoms with Crippen molar-refractivity contribution in [2.24, 2.45) is 0 Å². The average Bonchev–Trinajstić information content (AvgIpc) is 3.02. The number of hydrogen-bond acceptors (Lipinski definition) is 20. The number of thioether (sulfide) groups is 1. The lowest BCUT2D eigenvalue weighted by molar-refractivity contribution is -0.368. The maximum atomic E-state index is 12.5. The van der Waals surface area contributed by atoms with Crippen LogP contribution in [0.1, 0.15) is 74.7 Å². The van der Waals surface area contributed by atoms with Crippen molar-refractivity contribution in [3.05, 3.63) is 0 Å². The van der Waals surface area contributed by atoms with Crippen LogP contribution >= 0.6 is 11.8 Å². The maximum absolute atomic E-state index is 12.5. The summed E-state index contributed by atoms with van der Waals surface area (Å²) in [6.45, 7) is 8.00. The second-order valence-electron chi connectivity index (χ2n) is 11.9. The van der Waals surface area contributed by atoms with Gasteiger partial charge in [0, 0.05) is 67.7 Å². The van der Waals surface area contributed by atoms with Crippen LogP contribution in [0.25, 0.3) is 0 Å². The minimum Gasteiger partial charge on any atom is -0.463 e. The largest absolute Gasteiger partial charge is 0.463 e. The topological polar surface area (TPSA) is 238 Å². The molecule has 0 saturated carbocycles. The van der Waals surface area contributed by atoms with E-state index in [0.717, 1.165) is 48.5 Å². The summed E-state index contributed by atoms with van der Waals surface area (Å²) in [6, 6.07) is 0. The molecule has 0 spiro atoms. The molecule has 2 rings (SSSR count). The molecule has 2 aliphatic heterocycles. The van der Waals surface area contributed by atoms with Gasteiger partial charge in [-0.25, -0.2) is 0 Å². The molecule has 2 aliphatic rings. The fourth-order valence-electron chi connectivity index (χ4n) is 5.40. The van der Waals surface area contributed by atoms with Crippen molar-refractivity contribution in [3.63, 3.8) is 0 Å². The Bertz CT molecular complexity index is 1300. The van der Waals surface area contributed by atoms with Crippen LogP contribution in [-0.2, 0) is 90.5 Å². The molecule has 10 atom stereocenters. The van der Waals surface area contributed by atoms with Crippen molar-refractivity contribution < 1.29 is 90.5 Å². The molecule has 0 N–H and O–H groups in total. The molecule has 53 heavy (non-hydrogen) atoms. The molecule has 2 saturated heterocycles. The fraction of sp³-hybridized carbons (Fsp3) is 0.758. The molecule has 300 valence electrons.